The maximum Gasteiger partial charge on any atom is 0.417 e. The van der Waals surface area contributed by atoms with Gasteiger partial charge < -0.3 is 16.4 Å². The number of nitrogens with one attached hydrogen (secondary N) is 2. The summed E-state index contributed by atoms with van der Waals surface area (Å²) in [6, 6.07) is 8.10. The van der Waals surface area contributed by atoms with Crippen LogP contribution in [0.3, 0.4) is 0 Å². The van der Waals surface area contributed by atoms with E-state index >= 15 is 0 Å². The van der Waals surface area contributed by atoms with E-state index in [4.69, 9.17) is 17.3 Å². The minimum atomic E-state index is -4.54. The van der Waals surface area contributed by atoms with E-state index in [1.165, 1.54) is 6.33 Å². The lowest BCUT2D eigenvalue weighted by molar-refractivity contribution is -0.137. The van der Waals surface area contributed by atoms with E-state index in [1.54, 1.807) is 0 Å². The number of nitrogens with zero attached hydrogens (tertiary/aromatic N) is 3. The molecule has 11 heteroatoms. The van der Waals surface area contributed by atoms with Gasteiger partial charge in [-0.25, -0.2) is 15.0 Å². The van der Waals surface area contributed by atoms with Crippen LogP contribution in [-0.2, 0) is 6.18 Å². The molecular weight excluding hydrogens is 449 g/mol. The fourth-order valence-corrected chi connectivity index (χ4v) is 2.71. The molecule has 3 rings (SSSR count). The van der Waals surface area contributed by atoms with Gasteiger partial charge in [0.05, 0.1) is 10.6 Å². The number of benzene rings is 1. The Labute approximate surface area is 165 Å². The molecule has 140 valence electrons. The van der Waals surface area contributed by atoms with Gasteiger partial charge in [-0.2, -0.15) is 13.2 Å². The molecule has 2 aromatic heterocycles. The van der Waals surface area contributed by atoms with Crippen LogP contribution in [0, 0.1) is 0 Å². The quantitative estimate of drug-likeness (QED) is 0.486. The second kappa shape index (κ2) is 7.57. The molecule has 0 saturated heterocycles. The standard InChI is InChI=1S/C16H11BrClF3N6/c17-9-2-1-3-10(5-9)26-14-12(22)15(25-7-24-14)27-13-11(18)4-8(6-23-13)16(19,20)21/h1-7H,22H2,(H2,23,24,25,26,27). The van der Waals surface area contributed by atoms with Gasteiger partial charge in [-0.1, -0.05) is 33.6 Å². The molecule has 0 fully saturated rings. The van der Waals surface area contributed by atoms with Crippen molar-refractivity contribution in [3.05, 3.63) is 57.9 Å². The zero-order chi connectivity index (χ0) is 19.6. The second-order valence-electron chi connectivity index (χ2n) is 5.30. The van der Waals surface area contributed by atoms with Gasteiger partial charge in [-0.15, -0.1) is 0 Å². The van der Waals surface area contributed by atoms with Crippen molar-refractivity contribution in [1.29, 1.82) is 0 Å². The van der Waals surface area contributed by atoms with Gasteiger partial charge >= 0.3 is 6.18 Å². The van der Waals surface area contributed by atoms with E-state index in [-0.39, 0.29) is 22.3 Å². The monoisotopic (exact) mass is 458 g/mol. The minimum Gasteiger partial charge on any atom is -0.393 e. The van der Waals surface area contributed by atoms with Crippen LogP contribution in [0.1, 0.15) is 5.56 Å². The summed E-state index contributed by atoms with van der Waals surface area (Å²) in [5.41, 5.74) is 5.98. The summed E-state index contributed by atoms with van der Waals surface area (Å²) in [4.78, 5) is 11.8. The Balaban J connectivity index is 1.86. The van der Waals surface area contributed by atoms with Gasteiger partial charge in [0.2, 0.25) is 0 Å². The van der Waals surface area contributed by atoms with E-state index in [1.807, 2.05) is 24.3 Å². The molecule has 0 atom stereocenters. The van der Waals surface area contributed by atoms with Crippen LogP contribution in [0.5, 0.6) is 0 Å². The average molecular weight is 460 g/mol. The van der Waals surface area contributed by atoms with E-state index in [2.05, 4.69) is 41.5 Å². The Kier molecular flexibility index (Phi) is 5.38. The highest BCUT2D eigenvalue weighted by molar-refractivity contribution is 9.10. The third kappa shape index (κ3) is 4.58. The van der Waals surface area contributed by atoms with Crippen molar-refractivity contribution < 1.29 is 13.2 Å². The third-order valence-corrected chi connectivity index (χ3v) is 4.16. The highest BCUT2D eigenvalue weighted by Gasteiger charge is 2.31. The van der Waals surface area contributed by atoms with Crippen molar-refractivity contribution in [1.82, 2.24) is 15.0 Å². The Morgan fingerprint density at radius 2 is 1.70 bits per heavy atom. The summed E-state index contributed by atoms with van der Waals surface area (Å²) in [6.07, 6.45) is -2.62. The fourth-order valence-electron chi connectivity index (χ4n) is 2.09. The molecule has 0 unspecified atom stereocenters. The number of pyridine rings is 1. The first-order valence-electron chi connectivity index (χ1n) is 7.37. The maximum atomic E-state index is 12.7. The fraction of sp³-hybridized carbons (Fsp3) is 0.0625. The number of anilines is 5. The molecular formula is C16H11BrClF3N6. The van der Waals surface area contributed by atoms with E-state index in [9.17, 15) is 13.2 Å². The number of halogens is 5. The molecule has 3 aromatic rings. The normalized spacial score (nSPS) is 11.3. The molecule has 1 aromatic carbocycles. The van der Waals surface area contributed by atoms with Gasteiger partial charge in [0.25, 0.3) is 0 Å². The first-order valence-corrected chi connectivity index (χ1v) is 8.54. The average Bonchev–Trinajstić information content (AvgIpc) is 2.59. The van der Waals surface area contributed by atoms with Gasteiger partial charge in [0, 0.05) is 16.4 Å². The first kappa shape index (κ1) is 19.2. The van der Waals surface area contributed by atoms with Crippen molar-refractivity contribution in [3.8, 4) is 0 Å². The number of nitrogen functional groups attached to an aromatic ring is 1. The van der Waals surface area contributed by atoms with Crippen molar-refractivity contribution in [2.45, 2.75) is 6.18 Å². The van der Waals surface area contributed by atoms with Gasteiger partial charge in [0.15, 0.2) is 11.6 Å². The smallest absolute Gasteiger partial charge is 0.393 e. The molecule has 0 spiro atoms. The summed E-state index contributed by atoms with van der Waals surface area (Å²) in [7, 11) is 0. The summed E-state index contributed by atoms with van der Waals surface area (Å²) in [5, 5.41) is 5.54. The van der Waals surface area contributed by atoms with E-state index in [0.717, 1.165) is 16.2 Å². The van der Waals surface area contributed by atoms with E-state index in [0.29, 0.717) is 12.0 Å². The Hall–Kier alpha value is -2.59. The van der Waals surface area contributed by atoms with Crippen LogP contribution in [0.2, 0.25) is 5.02 Å². The van der Waals surface area contributed by atoms with E-state index < -0.39 is 11.7 Å². The number of hydrogen-bond donors (Lipinski definition) is 3. The lowest BCUT2D eigenvalue weighted by atomic mass is 10.2. The molecule has 0 aliphatic carbocycles. The van der Waals surface area contributed by atoms with Gasteiger partial charge in [-0.3, -0.25) is 0 Å². The molecule has 0 radical (unpaired) electrons. The Morgan fingerprint density at radius 3 is 2.33 bits per heavy atom. The summed E-state index contributed by atoms with van der Waals surface area (Å²) < 4.78 is 39.0. The van der Waals surface area contributed by atoms with Crippen LogP contribution in [0.4, 0.5) is 42.0 Å². The minimum absolute atomic E-state index is 0.0107. The van der Waals surface area contributed by atoms with Gasteiger partial charge in [0.1, 0.15) is 17.8 Å². The predicted octanol–water partition coefficient (Wildman–Crippen LogP) is 5.38. The van der Waals surface area contributed by atoms with Crippen LogP contribution >= 0.6 is 27.5 Å². The summed E-state index contributed by atoms with van der Waals surface area (Å²) in [5.74, 6) is 0.453. The molecule has 0 bridgehead atoms. The number of alkyl halides is 3. The summed E-state index contributed by atoms with van der Waals surface area (Å²) >= 11 is 9.26. The van der Waals surface area contributed by atoms with Crippen LogP contribution < -0.4 is 16.4 Å². The van der Waals surface area contributed by atoms with Crippen molar-refractivity contribution in [3.63, 3.8) is 0 Å². The molecule has 2 heterocycles. The third-order valence-electron chi connectivity index (χ3n) is 3.38. The maximum absolute atomic E-state index is 12.7. The zero-order valence-corrected chi connectivity index (χ0v) is 15.7. The number of hydrogen-bond acceptors (Lipinski definition) is 6. The zero-order valence-electron chi connectivity index (χ0n) is 13.4. The molecule has 0 amide bonds. The lowest BCUT2D eigenvalue weighted by Gasteiger charge is -2.14. The summed E-state index contributed by atoms with van der Waals surface area (Å²) in [6.45, 7) is 0. The van der Waals surface area contributed by atoms with Crippen LogP contribution in [-0.4, -0.2) is 15.0 Å². The molecule has 6 nitrogen and oxygen atoms in total. The van der Waals surface area contributed by atoms with Crippen LogP contribution in [0.25, 0.3) is 0 Å². The predicted molar refractivity (Wildman–Crippen MR) is 101 cm³/mol. The van der Waals surface area contributed by atoms with Crippen LogP contribution in [0.15, 0.2) is 47.3 Å². The highest BCUT2D eigenvalue weighted by Crippen LogP contribution is 2.34. The number of aromatic nitrogens is 3. The first-order chi connectivity index (χ1) is 12.7. The molecule has 4 N–H and O–H groups in total. The highest BCUT2D eigenvalue weighted by atomic mass is 79.9. The Bertz CT molecular complexity index is 983. The SMILES string of the molecule is Nc1c(Nc2cccc(Br)c2)ncnc1Nc1ncc(C(F)(F)F)cc1Cl. The van der Waals surface area contributed by atoms with Crippen molar-refractivity contribution in [2.24, 2.45) is 0 Å². The molecule has 0 aliphatic heterocycles. The van der Waals surface area contributed by atoms with Crippen molar-refractivity contribution in [2.75, 3.05) is 16.4 Å². The lowest BCUT2D eigenvalue weighted by Crippen LogP contribution is -2.08. The Morgan fingerprint density at radius 1 is 1.00 bits per heavy atom. The molecule has 0 aliphatic rings. The number of nitrogens with two attached hydrogens (primary N) is 1. The number of rotatable bonds is 4. The molecule has 27 heavy (non-hydrogen) atoms. The van der Waals surface area contributed by atoms with Crippen molar-refractivity contribution >= 4 is 56.4 Å². The topological polar surface area (TPSA) is 88.8 Å². The molecule has 0 saturated carbocycles. The largest absolute Gasteiger partial charge is 0.417 e. The second-order valence-corrected chi connectivity index (χ2v) is 6.62. The van der Waals surface area contributed by atoms with Gasteiger partial charge in [-0.05, 0) is 24.3 Å².